The fourth-order valence-corrected chi connectivity index (χ4v) is 7.77. The van der Waals surface area contributed by atoms with Crippen molar-refractivity contribution in [3.05, 3.63) is 40.4 Å². The number of hydrogen-bond donors (Lipinski definition) is 7. The summed E-state index contributed by atoms with van der Waals surface area (Å²) in [6.45, 7) is 3.99. The van der Waals surface area contributed by atoms with E-state index in [1.165, 1.54) is 26.2 Å². The molecule has 0 radical (unpaired) electrons. The summed E-state index contributed by atoms with van der Waals surface area (Å²) in [6, 6.07) is 4.36. The minimum Gasteiger partial charge on any atom is -0.485 e. The number of oxime groups is 1. The number of aromatic nitrogens is 1. The number of hydrogen-bond acceptors (Lipinski definition) is 14. The zero-order valence-corrected chi connectivity index (χ0v) is 28.9. The molecular formula is C30H38N8O10S2. The number of amidine groups is 1. The summed E-state index contributed by atoms with van der Waals surface area (Å²) in [6.07, 6.45) is 2.45. The van der Waals surface area contributed by atoms with Crippen LogP contribution in [0.4, 0.5) is 5.13 Å². The molecule has 4 aliphatic rings. The van der Waals surface area contributed by atoms with E-state index in [2.05, 4.69) is 25.1 Å². The molecule has 9 N–H and O–H groups in total. The predicted octanol–water partition coefficient (Wildman–Crippen LogP) is 0.564. The van der Waals surface area contributed by atoms with Gasteiger partial charge in [-0.05, 0) is 88.5 Å². The summed E-state index contributed by atoms with van der Waals surface area (Å²) in [5.74, 6) is -1.73. The maximum atomic E-state index is 13.5. The maximum Gasteiger partial charge on any atom is 0.418 e. The molecule has 2 saturated carbocycles. The van der Waals surface area contributed by atoms with Crippen molar-refractivity contribution in [1.82, 2.24) is 20.7 Å². The second-order valence-corrected chi connectivity index (χ2v) is 15.5. The highest BCUT2D eigenvalue weighted by molar-refractivity contribution is 7.80. The normalized spacial score (nSPS) is 28.1. The third-order valence-corrected chi connectivity index (χ3v) is 10.9. The third-order valence-electron chi connectivity index (χ3n) is 9.86. The molecule has 3 fully saturated rings. The van der Waals surface area contributed by atoms with Crippen LogP contribution in [0.1, 0.15) is 63.3 Å². The van der Waals surface area contributed by atoms with Crippen LogP contribution in [0.3, 0.4) is 0 Å². The van der Waals surface area contributed by atoms with E-state index in [0.717, 1.165) is 36.2 Å². The van der Waals surface area contributed by atoms with Gasteiger partial charge in [-0.1, -0.05) is 5.16 Å². The molecule has 2 aliphatic carbocycles. The second-order valence-electron chi connectivity index (χ2n) is 13.6. The van der Waals surface area contributed by atoms with E-state index in [1.54, 1.807) is 12.1 Å². The number of amides is 2. The number of nitrogen functional groups attached to an aromatic ring is 1. The number of hydroxylamine groups is 2. The van der Waals surface area contributed by atoms with Gasteiger partial charge in [0, 0.05) is 23.0 Å². The smallest absolute Gasteiger partial charge is 0.418 e. The standard InChI is InChI=1S/C30H38N8O10S2/c1-29(2)23(26(40)38(29)48-50(43,44)45)36-25(39)22(19-12-49-28(33)35-19)37-47-30(3,27(41)42)21-9-5-13-10-14(4-8-20(13)46-21)24(32)34-18-7-6-17(31)15-11-16(15)18/h4,8,10,12,15-18,21,23H,5-7,9,11,31H2,1-3H3,(H2,32,34)(H2,33,35)(H,36,39)(H,41,42)(H,43,44,45)/b37-22-/t15-,16+,17-,18+,21-,23-,30?/m1/s1. The minimum absolute atomic E-state index is 0.0591. The Bertz CT molecular complexity index is 1880. The molecule has 3 heterocycles. The van der Waals surface area contributed by atoms with Gasteiger partial charge >= 0.3 is 16.4 Å². The van der Waals surface area contributed by atoms with Crippen LogP contribution >= 0.6 is 11.3 Å². The van der Waals surface area contributed by atoms with E-state index < -0.39 is 57.2 Å². The van der Waals surface area contributed by atoms with Gasteiger partial charge in [0.1, 0.15) is 23.3 Å². The number of carbonyl (C=O) groups excluding carboxylic acids is 2. The number of nitrogens with one attached hydrogen (secondary N) is 3. The first-order valence-corrected chi connectivity index (χ1v) is 18.1. The van der Waals surface area contributed by atoms with Crippen molar-refractivity contribution in [2.75, 3.05) is 5.73 Å². The van der Waals surface area contributed by atoms with Crippen LogP contribution in [0, 0.1) is 17.2 Å². The average molecular weight is 735 g/mol. The Balaban J connectivity index is 1.17. The molecule has 20 heteroatoms. The van der Waals surface area contributed by atoms with Crippen LogP contribution in [0.25, 0.3) is 0 Å². The van der Waals surface area contributed by atoms with Gasteiger partial charge in [-0.15, -0.1) is 15.6 Å². The van der Waals surface area contributed by atoms with Gasteiger partial charge < -0.3 is 36.8 Å². The van der Waals surface area contributed by atoms with E-state index in [9.17, 15) is 27.9 Å². The van der Waals surface area contributed by atoms with Crippen molar-refractivity contribution in [3.63, 3.8) is 0 Å². The van der Waals surface area contributed by atoms with E-state index in [1.807, 2.05) is 6.07 Å². The first kappa shape index (κ1) is 35.5. The van der Waals surface area contributed by atoms with Gasteiger partial charge in [0.05, 0.1) is 5.54 Å². The minimum atomic E-state index is -5.03. The van der Waals surface area contributed by atoms with Crippen LogP contribution < -0.4 is 26.8 Å². The summed E-state index contributed by atoms with van der Waals surface area (Å²) in [5.41, 5.74) is 9.25. The topological polar surface area (TPSA) is 282 Å². The quantitative estimate of drug-likeness (QED) is 0.0546. The van der Waals surface area contributed by atoms with Gasteiger partial charge in [-0.25, -0.2) is 9.78 Å². The molecule has 1 saturated heterocycles. The van der Waals surface area contributed by atoms with Gasteiger partial charge in [0.2, 0.25) is 0 Å². The maximum absolute atomic E-state index is 13.5. The summed E-state index contributed by atoms with van der Waals surface area (Å²) in [5, 5.41) is 30.5. The van der Waals surface area contributed by atoms with Crippen molar-refractivity contribution < 1.29 is 46.3 Å². The van der Waals surface area contributed by atoms with Crippen LogP contribution in [0.2, 0.25) is 0 Å². The molecular weight excluding hydrogens is 697 g/mol. The van der Waals surface area contributed by atoms with Crippen LogP contribution in [0.5, 0.6) is 5.75 Å². The van der Waals surface area contributed by atoms with Crippen molar-refractivity contribution >= 4 is 56.2 Å². The monoisotopic (exact) mass is 734 g/mol. The zero-order chi connectivity index (χ0) is 36.3. The largest absolute Gasteiger partial charge is 0.485 e. The number of carbonyl (C=O) groups is 3. The Morgan fingerprint density at radius 3 is 2.62 bits per heavy atom. The second kappa shape index (κ2) is 12.7. The van der Waals surface area contributed by atoms with Crippen LogP contribution in [-0.2, 0) is 40.3 Å². The molecule has 1 unspecified atom stereocenters. The molecule has 0 spiro atoms. The first-order chi connectivity index (χ1) is 23.4. The number of carboxylic acids is 1. The lowest BCUT2D eigenvalue weighted by molar-refractivity contribution is -0.218. The molecule has 1 aromatic heterocycles. The SMILES string of the molecule is CC(O/N=C(\C(=O)N[C@@H]1C(=O)N(OS(=O)(=O)O)C1(C)C)c1csc(N)n1)(C(=O)O)[C@H]1CCc2cc(C(=N)N[C@H]3CC[C@@H](N)[C@@H]4C[C@@H]43)ccc2O1. The van der Waals surface area contributed by atoms with E-state index in [0.29, 0.717) is 40.5 Å². The average Bonchev–Trinajstić information content (AvgIpc) is 3.77. The molecule has 50 heavy (non-hydrogen) atoms. The van der Waals surface area contributed by atoms with Crippen molar-refractivity contribution in [3.8, 4) is 5.75 Å². The van der Waals surface area contributed by atoms with Crippen molar-refractivity contribution in [1.29, 1.82) is 5.41 Å². The lowest BCUT2D eigenvalue weighted by Gasteiger charge is -2.50. The fourth-order valence-electron chi connectivity index (χ4n) is 6.77. The molecule has 0 bridgehead atoms. The number of benzene rings is 1. The van der Waals surface area contributed by atoms with Gasteiger partial charge in [-0.2, -0.15) is 13.5 Å². The molecule has 2 aliphatic heterocycles. The lowest BCUT2D eigenvalue weighted by Crippen LogP contribution is -2.76. The Kier molecular flexibility index (Phi) is 9.04. The fraction of sp³-hybridized carbons (Fsp3) is 0.533. The number of aryl methyl sites for hydroxylation is 1. The third kappa shape index (κ3) is 6.72. The number of carboxylic acid groups (broad SMARTS) is 1. The summed E-state index contributed by atoms with van der Waals surface area (Å²) in [7, 11) is -5.03. The van der Waals surface area contributed by atoms with Gasteiger partial charge in [0.25, 0.3) is 17.4 Å². The molecule has 1 aromatic carbocycles. The molecule has 2 aromatic rings. The number of ether oxygens (including phenoxy) is 1. The Morgan fingerprint density at radius 1 is 1.24 bits per heavy atom. The predicted molar refractivity (Wildman–Crippen MR) is 177 cm³/mol. The number of nitrogens with two attached hydrogens (primary N) is 2. The summed E-state index contributed by atoms with van der Waals surface area (Å²) >= 11 is 0.966. The highest BCUT2D eigenvalue weighted by Gasteiger charge is 2.58. The Labute approximate surface area is 290 Å². The number of aliphatic carboxylic acids is 1. The molecule has 2 amide bonds. The van der Waals surface area contributed by atoms with Crippen molar-refractivity contribution in [2.24, 2.45) is 22.7 Å². The number of nitrogens with zero attached hydrogens (tertiary/aromatic N) is 3. The Hall–Kier alpha value is -4.37. The number of fused-ring (bicyclic) bond motifs is 2. The Morgan fingerprint density at radius 2 is 1.98 bits per heavy atom. The molecule has 6 rings (SSSR count). The van der Waals surface area contributed by atoms with E-state index >= 15 is 0 Å². The number of thiazole rings is 1. The van der Waals surface area contributed by atoms with Crippen LogP contribution in [0.15, 0.2) is 28.7 Å². The lowest BCUT2D eigenvalue weighted by atomic mass is 9.84. The highest BCUT2D eigenvalue weighted by atomic mass is 32.3. The molecule has 18 nitrogen and oxygen atoms in total. The first-order valence-electron chi connectivity index (χ1n) is 15.8. The number of anilines is 1. The van der Waals surface area contributed by atoms with Gasteiger partial charge in [-0.3, -0.25) is 19.6 Å². The summed E-state index contributed by atoms with van der Waals surface area (Å²) < 4.78 is 41.8. The molecule has 7 atom stereocenters. The zero-order valence-electron chi connectivity index (χ0n) is 27.3. The van der Waals surface area contributed by atoms with Crippen molar-refractivity contribution in [2.45, 2.75) is 88.2 Å². The van der Waals surface area contributed by atoms with E-state index in [-0.39, 0.29) is 29.3 Å². The van der Waals surface area contributed by atoms with E-state index in [4.69, 9.17) is 31.0 Å². The van der Waals surface area contributed by atoms with Gasteiger partial charge in [0.15, 0.2) is 16.9 Å². The molecule has 270 valence electrons. The highest BCUT2D eigenvalue weighted by Crippen LogP contribution is 2.49. The van der Waals surface area contributed by atoms with Crippen LogP contribution in [-0.4, -0.2) is 92.8 Å². The number of β-lactam (4-membered cyclic amide) rings is 1. The summed E-state index contributed by atoms with van der Waals surface area (Å²) in [4.78, 5) is 48.4. The number of rotatable bonds is 11.